The van der Waals surface area contributed by atoms with Gasteiger partial charge in [-0.15, -0.1) is 0 Å². The summed E-state index contributed by atoms with van der Waals surface area (Å²) in [5.74, 6) is -0.976. The first kappa shape index (κ1) is 32.2. The van der Waals surface area contributed by atoms with E-state index in [-0.39, 0.29) is 24.4 Å². The van der Waals surface area contributed by atoms with E-state index in [1.165, 1.54) is 69.1 Å². The highest BCUT2D eigenvalue weighted by Crippen LogP contribution is 2.24. The van der Waals surface area contributed by atoms with Gasteiger partial charge in [-0.05, 0) is 39.5 Å². The van der Waals surface area contributed by atoms with E-state index in [0.717, 1.165) is 19.3 Å². The Bertz CT molecular complexity index is 646. The summed E-state index contributed by atoms with van der Waals surface area (Å²) in [6, 6.07) is -0.299. The fraction of sp³-hybridized carbons (Fsp3) is 0.897. The predicted octanol–water partition coefficient (Wildman–Crippen LogP) is 7.03. The van der Waals surface area contributed by atoms with E-state index in [2.05, 4.69) is 6.92 Å². The van der Waals surface area contributed by atoms with Gasteiger partial charge < -0.3 is 19.6 Å². The SMILES string of the molecule is CCCCCCCCCCCCCCCC(=O)N(CC(=O)O)[C@H]1C[C@H](C)CN(C(=O)OC(C)(C)C)C1. The summed E-state index contributed by atoms with van der Waals surface area (Å²) in [6.07, 6.45) is 16.8. The smallest absolute Gasteiger partial charge is 0.410 e. The second-order valence-corrected chi connectivity index (χ2v) is 11.8. The maximum Gasteiger partial charge on any atom is 0.410 e. The third-order valence-electron chi connectivity index (χ3n) is 6.85. The van der Waals surface area contributed by atoms with Gasteiger partial charge in [0.1, 0.15) is 12.1 Å². The zero-order valence-electron chi connectivity index (χ0n) is 23.9. The summed E-state index contributed by atoms with van der Waals surface area (Å²) < 4.78 is 5.52. The number of carboxylic acid groups (broad SMARTS) is 1. The van der Waals surface area contributed by atoms with Gasteiger partial charge in [0.15, 0.2) is 0 Å². The normalized spacial score (nSPS) is 18.2. The van der Waals surface area contributed by atoms with Crippen LogP contribution >= 0.6 is 0 Å². The zero-order chi connectivity index (χ0) is 27.0. The molecule has 7 nitrogen and oxygen atoms in total. The molecule has 0 aromatic rings. The number of unbranched alkanes of at least 4 members (excludes halogenated alkanes) is 12. The number of carbonyl (C=O) groups excluding carboxylic acids is 2. The van der Waals surface area contributed by atoms with Crippen LogP contribution in [0.3, 0.4) is 0 Å². The van der Waals surface area contributed by atoms with Crippen LogP contribution < -0.4 is 0 Å². The number of rotatable bonds is 17. The summed E-state index contributed by atoms with van der Waals surface area (Å²) in [5, 5.41) is 9.44. The second-order valence-electron chi connectivity index (χ2n) is 11.8. The van der Waals surface area contributed by atoms with Crippen LogP contribution in [0.1, 0.15) is 131 Å². The van der Waals surface area contributed by atoms with E-state index >= 15 is 0 Å². The Morgan fingerprint density at radius 2 is 1.36 bits per heavy atom. The minimum Gasteiger partial charge on any atom is -0.480 e. The van der Waals surface area contributed by atoms with Crippen molar-refractivity contribution in [1.29, 1.82) is 0 Å². The number of piperidine rings is 1. The monoisotopic (exact) mass is 510 g/mol. The summed E-state index contributed by atoms with van der Waals surface area (Å²) in [5.41, 5.74) is -0.599. The van der Waals surface area contributed by atoms with Crippen molar-refractivity contribution in [3.8, 4) is 0 Å². The Hall–Kier alpha value is -1.79. The van der Waals surface area contributed by atoms with Gasteiger partial charge in [0, 0.05) is 19.5 Å². The first-order valence-electron chi connectivity index (χ1n) is 14.5. The van der Waals surface area contributed by atoms with Crippen LogP contribution in [0.5, 0.6) is 0 Å². The van der Waals surface area contributed by atoms with Gasteiger partial charge in [0.25, 0.3) is 0 Å². The van der Waals surface area contributed by atoms with Crippen LogP contribution in [-0.2, 0) is 14.3 Å². The number of carboxylic acids is 1. The van der Waals surface area contributed by atoms with Gasteiger partial charge in [0.05, 0.1) is 6.04 Å². The lowest BCUT2D eigenvalue weighted by Gasteiger charge is -2.41. The molecule has 0 saturated carbocycles. The van der Waals surface area contributed by atoms with E-state index in [0.29, 0.717) is 25.9 Å². The molecule has 1 aliphatic heterocycles. The summed E-state index contributed by atoms with van der Waals surface area (Å²) in [7, 11) is 0. The zero-order valence-corrected chi connectivity index (χ0v) is 23.9. The molecule has 1 N–H and O–H groups in total. The summed E-state index contributed by atoms with van der Waals surface area (Å²) in [4.78, 5) is 40.3. The molecule has 1 aliphatic rings. The molecule has 1 rings (SSSR count). The lowest BCUT2D eigenvalue weighted by Crippen LogP contribution is -2.55. The van der Waals surface area contributed by atoms with Crippen molar-refractivity contribution in [2.24, 2.45) is 5.92 Å². The Morgan fingerprint density at radius 3 is 1.83 bits per heavy atom. The Balaban J connectivity index is 2.38. The number of amides is 2. The van der Waals surface area contributed by atoms with Crippen LogP contribution in [0.15, 0.2) is 0 Å². The molecule has 7 heteroatoms. The van der Waals surface area contributed by atoms with Crippen LogP contribution in [-0.4, -0.2) is 64.2 Å². The molecular formula is C29H54N2O5. The van der Waals surface area contributed by atoms with Crippen molar-refractivity contribution in [1.82, 2.24) is 9.80 Å². The molecule has 0 bridgehead atoms. The maximum atomic E-state index is 13.0. The van der Waals surface area contributed by atoms with Crippen LogP contribution in [0.2, 0.25) is 0 Å². The fourth-order valence-corrected chi connectivity index (χ4v) is 5.02. The highest BCUT2D eigenvalue weighted by atomic mass is 16.6. The van der Waals surface area contributed by atoms with Gasteiger partial charge in [-0.25, -0.2) is 4.79 Å². The highest BCUT2D eigenvalue weighted by molar-refractivity contribution is 5.81. The number of nitrogens with zero attached hydrogens (tertiary/aromatic N) is 2. The largest absolute Gasteiger partial charge is 0.480 e. The molecule has 0 spiro atoms. The number of likely N-dealkylation sites (tertiary alicyclic amines) is 1. The Labute approximate surface area is 220 Å². The molecule has 0 aliphatic carbocycles. The molecule has 0 unspecified atom stereocenters. The highest BCUT2D eigenvalue weighted by Gasteiger charge is 2.35. The minimum absolute atomic E-state index is 0.122. The topological polar surface area (TPSA) is 87.2 Å². The lowest BCUT2D eigenvalue weighted by molar-refractivity contribution is -0.147. The van der Waals surface area contributed by atoms with Gasteiger partial charge in [-0.2, -0.15) is 0 Å². The van der Waals surface area contributed by atoms with Crippen molar-refractivity contribution in [3.05, 3.63) is 0 Å². The molecule has 1 saturated heterocycles. The molecule has 0 radical (unpaired) electrons. The molecule has 0 aromatic heterocycles. The van der Waals surface area contributed by atoms with Crippen LogP contribution in [0.4, 0.5) is 4.79 Å². The van der Waals surface area contributed by atoms with E-state index in [9.17, 15) is 19.5 Å². The molecule has 1 heterocycles. The number of carbonyl (C=O) groups is 3. The third-order valence-corrected chi connectivity index (χ3v) is 6.85. The third kappa shape index (κ3) is 14.7. The molecule has 0 aromatic carbocycles. The number of ether oxygens (including phenoxy) is 1. The first-order valence-corrected chi connectivity index (χ1v) is 14.5. The summed E-state index contributed by atoms with van der Waals surface area (Å²) in [6.45, 7) is 10.3. The summed E-state index contributed by atoms with van der Waals surface area (Å²) >= 11 is 0. The number of hydrogen-bond acceptors (Lipinski definition) is 4. The average Bonchev–Trinajstić information content (AvgIpc) is 2.78. The Morgan fingerprint density at radius 1 is 0.861 bits per heavy atom. The van der Waals surface area contributed by atoms with Crippen molar-refractivity contribution in [3.63, 3.8) is 0 Å². The second kappa shape index (κ2) is 17.6. The van der Waals surface area contributed by atoms with Gasteiger partial charge in [-0.3, -0.25) is 9.59 Å². The molecule has 36 heavy (non-hydrogen) atoms. The molecule has 2 atom stereocenters. The molecule has 1 fully saturated rings. The Kier molecular flexibility index (Phi) is 15.8. The maximum absolute atomic E-state index is 13.0. The first-order chi connectivity index (χ1) is 17.0. The van der Waals surface area contributed by atoms with Crippen molar-refractivity contribution < 1.29 is 24.2 Å². The average molecular weight is 511 g/mol. The van der Waals surface area contributed by atoms with Crippen LogP contribution in [0, 0.1) is 5.92 Å². The van der Waals surface area contributed by atoms with E-state index in [4.69, 9.17) is 4.74 Å². The van der Waals surface area contributed by atoms with Crippen molar-refractivity contribution in [2.75, 3.05) is 19.6 Å². The van der Waals surface area contributed by atoms with Crippen molar-refractivity contribution in [2.45, 2.75) is 143 Å². The fourth-order valence-electron chi connectivity index (χ4n) is 5.02. The number of hydrogen-bond donors (Lipinski definition) is 1. The van der Waals surface area contributed by atoms with Gasteiger partial charge >= 0.3 is 12.1 Å². The van der Waals surface area contributed by atoms with Gasteiger partial charge in [-0.1, -0.05) is 90.9 Å². The van der Waals surface area contributed by atoms with E-state index in [1.54, 1.807) is 4.90 Å². The van der Waals surface area contributed by atoms with Crippen LogP contribution in [0.25, 0.3) is 0 Å². The van der Waals surface area contributed by atoms with Crippen molar-refractivity contribution >= 4 is 18.0 Å². The predicted molar refractivity (Wildman–Crippen MR) is 145 cm³/mol. The van der Waals surface area contributed by atoms with E-state index in [1.807, 2.05) is 27.7 Å². The molecule has 2 amide bonds. The minimum atomic E-state index is -1.02. The standard InChI is InChI=1S/C29H54N2O5/c1-6-7-8-9-10-11-12-13-14-15-16-17-18-19-26(32)31(23-27(33)34)25-20-24(2)21-30(22-25)28(35)36-29(3,4)5/h24-25H,6-23H2,1-5H3,(H,33,34)/t24-,25-/m0/s1. The van der Waals surface area contributed by atoms with Gasteiger partial charge in [0.2, 0.25) is 5.91 Å². The lowest BCUT2D eigenvalue weighted by atomic mass is 9.94. The number of aliphatic carboxylic acids is 1. The van der Waals surface area contributed by atoms with E-state index < -0.39 is 17.7 Å². The molecule has 210 valence electrons. The molecular weight excluding hydrogens is 456 g/mol. The quantitative estimate of drug-likeness (QED) is 0.212.